The van der Waals surface area contributed by atoms with Crippen LogP contribution < -0.4 is 16.6 Å². The summed E-state index contributed by atoms with van der Waals surface area (Å²) in [4.78, 5) is 46.8. The number of carbonyl (C=O) groups excluding carboxylic acids is 1. The van der Waals surface area contributed by atoms with Crippen molar-refractivity contribution in [2.24, 2.45) is 0 Å². The summed E-state index contributed by atoms with van der Waals surface area (Å²) in [6.07, 6.45) is 4.60. The average Bonchev–Trinajstić information content (AvgIpc) is 2.77. The van der Waals surface area contributed by atoms with Crippen LogP contribution in [0.25, 0.3) is 11.0 Å². The van der Waals surface area contributed by atoms with Crippen LogP contribution >= 0.6 is 23.2 Å². The lowest BCUT2D eigenvalue weighted by atomic mass is 10.2. The first-order valence-corrected chi connectivity index (χ1v) is 9.92. The molecule has 0 radical (unpaired) electrons. The molecule has 0 spiro atoms. The summed E-state index contributed by atoms with van der Waals surface area (Å²) in [5.41, 5.74) is 0.216. The van der Waals surface area contributed by atoms with E-state index in [0.717, 1.165) is 4.57 Å². The Hall–Kier alpha value is -3.49. The monoisotopic (exact) mass is 455 g/mol. The molecule has 4 rings (SSSR count). The second kappa shape index (κ2) is 8.71. The van der Waals surface area contributed by atoms with Crippen molar-refractivity contribution in [2.75, 3.05) is 5.32 Å². The molecule has 8 nitrogen and oxygen atoms in total. The van der Waals surface area contributed by atoms with Crippen molar-refractivity contribution in [3.63, 3.8) is 0 Å². The van der Waals surface area contributed by atoms with E-state index in [4.69, 9.17) is 23.2 Å². The number of rotatable bonds is 5. The van der Waals surface area contributed by atoms with Crippen LogP contribution in [0.3, 0.4) is 0 Å². The third kappa shape index (κ3) is 4.35. The molecular weight excluding hydrogens is 441 g/mol. The topological polar surface area (TPSA) is 98.9 Å². The molecule has 0 aliphatic rings. The summed E-state index contributed by atoms with van der Waals surface area (Å²) >= 11 is 12.1. The number of amides is 1. The van der Waals surface area contributed by atoms with E-state index in [1.54, 1.807) is 48.8 Å². The van der Waals surface area contributed by atoms with Crippen LogP contribution in [0, 0.1) is 0 Å². The van der Waals surface area contributed by atoms with E-state index in [9.17, 15) is 14.4 Å². The zero-order chi connectivity index (χ0) is 22.0. The predicted octanol–water partition coefficient (Wildman–Crippen LogP) is 2.95. The predicted molar refractivity (Wildman–Crippen MR) is 119 cm³/mol. The molecule has 3 heterocycles. The Morgan fingerprint density at radius 1 is 1.00 bits per heavy atom. The van der Waals surface area contributed by atoms with Gasteiger partial charge >= 0.3 is 5.69 Å². The molecular formula is C21H15Cl2N5O3. The molecule has 0 aliphatic carbocycles. The summed E-state index contributed by atoms with van der Waals surface area (Å²) in [6, 6.07) is 11.2. The lowest BCUT2D eigenvalue weighted by Crippen LogP contribution is -2.42. The number of nitrogens with one attached hydrogen (secondary N) is 1. The van der Waals surface area contributed by atoms with Crippen molar-refractivity contribution in [3.8, 4) is 0 Å². The van der Waals surface area contributed by atoms with Crippen molar-refractivity contribution in [1.29, 1.82) is 0 Å². The first-order valence-electron chi connectivity index (χ1n) is 9.16. The second-order valence-electron chi connectivity index (χ2n) is 6.66. The van der Waals surface area contributed by atoms with Crippen molar-refractivity contribution >= 4 is 45.8 Å². The van der Waals surface area contributed by atoms with Gasteiger partial charge in [-0.1, -0.05) is 23.2 Å². The Morgan fingerprint density at radius 3 is 2.55 bits per heavy atom. The van der Waals surface area contributed by atoms with Gasteiger partial charge in [0.05, 0.1) is 22.8 Å². The number of nitrogens with zero attached hydrogens (tertiary/aromatic N) is 4. The van der Waals surface area contributed by atoms with Gasteiger partial charge in [0.15, 0.2) is 5.52 Å². The quantitative estimate of drug-likeness (QED) is 0.498. The fourth-order valence-corrected chi connectivity index (χ4v) is 3.47. The Kier molecular flexibility index (Phi) is 5.83. The van der Waals surface area contributed by atoms with E-state index in [1.165, 1.54) is 16.8 Å². The molecule has 0 unspecified atom stereocenters. The van der Waals surface area contributed by atoms with Gasteiger partial charge in [-0.15, -0.1) is 0 Å². The van der Waals surface area contributed by atoms with Crippen LogP contribution in [0.2, 0.25) is 10.0 Å². The van der Waals surface area contributed by atoms with Crippen molar-refractivity contribution in [3.05, 3.63) is 97.5 Å². The summed E-state index contributed by atoms with van der Waals surface area (Å²) < 4.78 is 2.25. The Balaban J connectivity index is 1.76. The lowest BCUT2D eigenvalue weighted by Gasteiger charge is -2.14. The fraction of sp³-hybridized carbons (Fsp3) is 0.0952. The highest BCUT2D eigenvalue weighted by Crippen LogP contribution is 2.25. The van der Waals surface area contributed by atoms with Gasteiger partial charge in [-0.3, -0.25) is 23.7 Å². The highest BCUT2D eigenvalue weighted by molar-refractivity contribution is 6.35. The summed E-state index contributed by atoms with van der Waals surface area (Å²) in [6.45, 7) is -0.324. The van der Waals surface area contributed by atoms with Gasteiger partial charge in [-0.05, 0) is 48.0 Å². The van der Waals surface area contributed by atoms with Crippen molar-refractivity contribution < 1.29 is 4.79 Å². The number of halogens is 2. The van der Waals surface area contributed by atoms with Gasteiger partial charge in [-0.25, -0.2) is 9.78 Å². The summed E-state index contributed by atoms with van der Waals surface area (Å²) in [5.74, 6) is -0.509. The number of benzene rings is 1. The molecule has 156 valence electrons. The van der Waals surface area contributed by atoms with Crippen LogP contribution in [-0.2, 0) is 17.9 Å². The number of aromatic nitrogens is 4. The Labute approximate surface area is 185 Å². The minimum atomic E-state index is -0.630. The number of fused-ring (bicyclic) bond motifs is 1. The Bertz CT molecular complexity index is 1400. The number of hydrogen-bond donors (Lipinski definition) is 1. The van der Waals surface area contributed by atoms with E-state index in [1.807, 2.05) is 0 Å². The van der Waals surface area contributed by atoms with Gasteiger partial charge in [0.1, 0.15) is 6.54 Å². The maximum Gasteiger partial charge on any atom is 0.332 e. The molecule has 0 bridgehead atoms. The zero-order valence-electron chi connectivity index (χ0n) is 16.0. The molecule has 0 atom stereocenters. The molecule has 31 heavy (non-hydrogen) atoms. The lowest BCUT2D eigenvalue weighted by molar-refractivity contribution is -0.116. The molecule has 4 aromatic rings. The molecule has 1 N–H and O–H groups in total. The smallest absolute Gasteiger partial charge is 0.323 e. The molecule has 1 amide bonds. The van der Waals surface area contributed by atoms with Crippen molar-refractivity contribution in [2.45, 2.75) is 13.1 Å². The molecule has 3 aromatic heterocycles. The van der Waals surface area contributed by atoms with Gasteiger partial charge in [0, 0.05) is 23.6 Å². The highest BCUT2D eigenvalue weighted by Gasteiger charge is 2.17. The average molecular weight is 456 g/mol. The maximum absolute atomic E-state index is 13.2. The van der Waals surface area contributed by atoms with Gasteiger partial charge in [0.2, 0.25) is 5.91 Å². The number of carbonyl (C=O) groups is 1. The fourth-order valence-electron chi connectivity index (χ4n) is 3.13. The molecule has 0 aliphatic heterocycles. The zero-order valence-corrected chi connectivity index (χ0v) is 17.5. The Morgan fingerprint density at radius 2 is 1.77 bits per heavy atom. The van der Waals surface area contributed by atoms with Gasteiger partial charge < -0.3 is 5.32 Å². The van der Waals surface area contributed by atoms with Crippen LogP contribution in [0.15, 0.2) is 70.6 Å². The van der Waals surface area contributed by atoms with E-state index in [0.29, 0.717) is 21.3 Å². The summed E-state index contributed by atoms with van der Waals surface area (Å²) in [5, 5.41) is 3.35. The normalized spacial score (nSPS) is 10.9. The molecule has 1 aromatic carbocycles. The van der Waals surface area contributed by atoms with Crippen LogP contribution in [0.5, 0.6) is 0 Å². The molecule has 0 saturated carbocycles. The summed E-state index contributed by atoms with van der Waals surface area (Å²) in [7, 11) is 0. The number of pyridine rings is 2. The van der Waals surface area contributed by atoms with Gasteiger partial charge in [-0.2, -0.15) is 0 Å². The van der Waals surface area contributed by atoms with E-state index >= 15 is 0 Å². The van der Waals surface area contributed by atoms with E-state index in [2.05, 4.69) is 15.3 Å². The van der Waals surface area contributed by atoms with Crippen molar-refractivity contribution in [1.82, 2.24) is 19.1 Å². The minimum Gasteiger partial charge on any atom is -0.323 e. The second-order valence-corrected chi connectivity index (χ2v) is 7.50. The SMILES string of the molecule is O=C(Cn1c(=O)n(Cc2ccncc2)c(=O)c2ncccc21)Nc1cc(Cl)ccc1Cl. The largest absolute Gasteiger partial charge is 0.332 e. The van der Waals surface area contributed by atoms with Crippen LogP contribution in [0.1, 0.15) is 5.56 Å². The maximum atomic E-state index is 13.2. The van der Waals surface area contributed by atoms with Gasteiger partial charge in [0.25, 0.3) is 5.56 Å². The number of hydrogen-bond acceptors (Lipinski definition) is 5. The molecule has 0 saturated heterocycles. The molecule has 0 fully saturated rings. The minimum absolute atomic E-state index is 0.0223. The highest BCUT2D eigenvalue weighted by atomic mass is 35.5. The van der Waals surface area contributed by atoms with Crippen LogP contribution in [0.4, 0.5) is 5.69 Å². The van der Waals surface area contributed by atoms with Crippen LogP contribution in [-0.4, -0.2) is 25.0 Å². The first-order chi connectivity index (χ1) is 14.9. The van der Waals surface area contributed by atoms with E-state index < -0.39 is 17.2 Å². The molecule has 10 heteroatoms. The third-order valence-electron chi connectivity index (χ3n) is 4.58. The third-order valence-corrected chi connectivity index (χ3v) is 5.15. The first kappa shape index (κ1) is 20.8. The van der Waals surface area contributed by atoms with E-state index in [-0.39, 0.29) is 24.1 Å². The standard InChI is InChI=1S/C21H15Cl2N5O3/c22-14-3-4-15(23)16(10-14)26-18(29)12-27-17-2-1-7-25-19(17)20(30)28(21(27)31)11-13-5-8-24-9-6-13/h1-10H,11-12H2,(H,26,29). The number of anilines is 1.